The van der Waals surface area contributed by atoms with Crippen LogP contribution in [0.25, 0.3) is 0 Å². The number of carbonyl (C=O) groups excluding carboxylic acids is 1. The third kappa shape index (κ3) is 6.95. The predicted molar refractivity (Wildman–Crippen MR) is 127 cm³/mol. The van der Waals surface area contributed by atoms with Gasteiger partial charge >= 0.3 is 5.97 Å². The second-order valence-electron chi connectivity index (χ2n) is 8.06. The van der Waals surface area contributed by atoms with Crippen molar-refractivity contribution in [2.75, 3.05) is 40.0 Å². The first-order valence-electron chi connectivity index (χ1n) is 11.4. The molecule has 0 aromatic heterocycles. The maximum Gasteiger partial charge on any atom is 0.325 e. The highest BCUT2D eigenvalue weighted by atomic mass is 32.2. The van der Waals surface area contributed by atoms with Crippen molar-refractivity contribution < 1.29 is 27.4 Å². The van der Waals surface area contributed by atoms with Gasteiger partial charge in [0.15, 0.2) is 15.1 Å². The third-order valence-corrected chi connectivity index (χ3v) is 7.82. The number of sulfone groups is 1. The summed E-state index contributed by atoms with van der Waals surface area (Å²) in [6.45, 7) is 5.52. The van der Waals surface area contributed by atoms with E-state index in [2.05, 4.69) is 4.90 Å². The maximum atomic E-state index is 13.2. The SMILES string of the molecule is CCOC(=O)C(Cc1ccc(OCCN2CCCCC2)cc1)S(=O)(=O)c1ccc(OC)cc1. The molecule has 0 aliphatic carbocycles. The lowest BCUT2D eigenvalue weighted by Gasteiger charge is -2.26. The van der Waals surface area contributed by atoms with Crippen LogP contribution in [0.15, 0.2) is 53.4 Å². The fraction of sp³-hybridized carbons (Fsp3) is 0.480. The molecule has 1 fully saturated rings. The minimum atomic E-state index is -3.95. The molecule has 1 aliphatic rings. The molecule has 0 N–H and O–H groups in total. The van der Waals surface area contributed by atoms with Crippen molar-refractivity contribution in [2.24, 2.45) is 0 Å². The second kappa shape index (κ2) is 12.0. The van der Waals surface area contributed by atoms with Crippen LogP contribution in [0, 0.1) is 0 Å². The van der Waals surface area contributed by atoms with Gasteiger partial charge in [0.25, 0.3) is 0 Å². The average molecular weight is 476 g/mol. The Kier molecular flexibility index (Phi) is 9.14. The summed E-state index contributed by atoms with van der Waals surface area (Å²) in [5.74, 6) is 0.508. The molecule has 2 aromatic rings. The number of carbonyl (C=O) groups is 1. The van der Waals surface area contributed by atoms with Gasteiger partial charge < -0.3 is 14.2 Å². The van der Waals surface area contributed by atoms with Gasteiger partial charge in [0, 0.05) is 13.0 Å². The van der Waals surface area contributed by atoms with E-state index in [4.69, 9.17) is 14.2 Å². The molecule has 0 radical (unpaired) electrons. The number of rotatable bonds is 11. The summed E-state index contributed by atoms with van der Waals surface area (Å²) >= 11 is 0. The Labute approximate surface area is 196 Å². The molecule has 1 atom stereocenters. The molecule has 0 bridgehead atoms. The van der Waals surface area contributed by atoms with Crippen LogP contribution < -0.4 is 9.47 Å². The molecule has 1 heterocycles. The minimum absolute atomic E-state index is 0.0151. The van der Waals surface area contributed by atoms with Crippen molar-refractivity contribution in [1.29, 1.82) is 0 Å². The van der Waals surface area contributed by atoms with Crippen LogP contribution in [0.5, 0.6) is 11.5 Å². The largest absolute Gasteiger partial charge is 0.497 e. The molecule has 0 amide bonds. The number of piperidine rings is 1. The highest BCUT2D eigenvalue weighted by molar-refractivity contribution is 7.92. The van der Waals surface area contributed by atoms with Crippen LogP contribution >= 0.6 is 0 Å². The molecule has 1 saturated heterocycles. The zero-order valence-electron chi connectivity index (χ0n) is 19.4. The molecule has 33 heavy (non-hydrogen) atoms. The summed E-state index contributed by atoms with van der Waals surface area (Å²) in [4.78, 5) is 15.1. The van der Waals surface area contributed by atoms with Crippen molar-refractivity contribution in [3.63, 3.8) is 0 Å². The smallest absolute Gasteiger partial charge is 0.325 e. The highest BCUT2D eigenvalue weighted by Crippen LogP contribution is 2.24. The molecule has 0 saturated carbocycles. The Hall–Kier alpha value is -2.58. The van der Waals surface area contributed by atoms with Crippen molar-refractivity contribution in [2.45, 2.75) is 42.8 Å². The van der Waals surface area contributed by atoms with Crippen molar-refractivity contribution in [3.05, 3.63) is 54.1 Å². The van der Waals surface area contributed by atoms with E-state index >= 15 is 0 Å². The van der Waals surface area contributed by atoms with Crippen molar-refractivity contribution >= 4 is 15.8 Å². The molecule has 3 rings (SSSR count). The minimum Gasteiger partial charge on any atom is -0.497 e. The Morgan fingerprint density at radius 1 is 0.970 bits per heavy atom. The lowest BCUT2D eigenvalue weighted by atomic mass is 10.1. The van der Waals surface area contributed by atoms with E-state index < -0.39 is 21.1 Å². The van der Waals surface area contributed by atoms with E-state index in [0.717, 1.165) is 25.4 Å². The molecule has 1 aliphatic heterocycles. The first kappa shape index (κ1) is 25.1. The number of hydrogen-bond donors (Lipinski definition) is 0. The van der Waals surface area contributed by atoms with Gasteiger partial charge in [-0.15, -0.1) is 0 Å². The number of benzene rings is 2. The third-order valence-electron chi connectivity index (χ3n) is 5.78. The molecule has 8 heteroatoms. The van der Waals surface area contributed by atoms with Crippen LogP contribution in [-0.4, -0.2) is 64.5 Å². The van der Waals surface area contributed by atoms with E-state index in [-0.39, 0.29) is 17.9 Å². The number of nitrogens with zero attached hydrogens (tertiary/aromatic N) is 1. The standard InChI is InChI=1S/C25H33NO6S/c1-3-31-25(27)24(33(28,29)23-13-11-21(30-2)12-14-23)19-20-7-9-22(10-8-20)32-18-17-26-15-5-4-6-16-26/h7-14,24H,3-6,15-19H2,1-2H3. The van der Waals surface area contributed by atoms with Crippen LogP contribution in [0.3, 0.4) is 0 Å². The fourth-order valence-corrected chi connectivity index (χ4v) is 5.47. The molecular formula is C25H33NO6S. The second-order valence-corrected chi connectivity index (χ2v) is 10.2. The predicted octanol–water partition coefficient (Wildman–Crippen LogP) is 3.51. The monoisotopic (exact) mass is 475 g/mol. The summed E-state index contributed by atoms with van der Waals surface area (Å²) in [5.41, 5.74) is 0.716. The van der Waals surface area contributed by atoms with Crippen molar-refractivity contribution in [3.8, 4) is 11.5 Å². The van der Waals surface area contributed by atoms with Gasteiger partial charge in [-0.25, -0.2) is 8.42 Å². The van der Waals surface area contributed by atoms with Crippen LogP contribution in [-0.2, 0) is 25.8 Å². The first-order valence-corrected chi connectivity index (χ1v) is 13.0. The van der Waals surface area contributed by atoms with Gasteiger partial charge in [-0.3, -0.25) is 9.69 Å². The van der Waals surface area contributed by atoms with Gasteiger partial charge in [-0.2, -0.15) is 0 Å². The zero-order chi connectivity index (χ0) is 23.7. The lowest BCUT2D eigenvalue weighted by Crippen LogP contribution is -2.34. The van der Waals surface area contributed by atoms with Gasteiger partial charge in [0.2, 0.25) is 0 Å². The summed E-state index contributed by atoms with van der Waals surface area (Å²) in [5, 5.41) is -1.34. The van der Waals surface area contributed by atoms with E-state index in [0.29, 0.717) is 17.9 Å². The molecule has 180 valence electrons. The van der Waals surface area contributed by atoms with Crippen LogP contribution in [0.2, 0.25) is 0 Å². The summed E-state index contributed by atoms with van der Waals surface area (Å²) in [6, 6.07) is 13.2. The average Bonchev–Trinajstić information content (AvgIpc) is 2.84. The molecule has 2 aromatic carbocycles. The molecule has 1 unspecified atom stereocenters. The van der Waals surface area contributed by atoms with Crippen LogP contribution in [0.1, 0.15) is 31.7 Å². The molecular weight excluding hydrogens is 442 g/mol. The van der Waals surface area contributed by atoms with E-state index in [9.17, 15) is 13.2 Å². The topological polar surface area (TPSA) is 82.1 Å². The number of methoxy groups -OCH3 is 1. The Bertz CT molecular complexity index is 983. The van der Waals surface area contributed by atoms with Crippen molar-refractivity contribution in [1.82, 2.24) is 4.90 Å². The van der Waals surface area contributed by atoms with Gasteiger partial charge in [-0.1, -0.05) is 18.6 Å². The van der Waals surface area contributed by atoms with E-state index in [1.165, 1.54) is 38.5 Å². The molecule has 0 spiro atoms. The number of likely N-dealkylation sites (tertiary alicyclic amines) is 1. The summed E-state index contributed by atoms with van der Waals surface area (Å²) in [7, 11) is -2.44. The number of esters is 1. The van der Waals surface area contributed by atoms with Gasteiger partial charge in [-0.05, 0) is 74.8 Å². The lowest BCUT2D eigenvalue weighted by molar-refractivity contribution is -0.142. The Balaban J connectivity index is 1.67. The fourth-order valence-electron chi connectivity index (χ4n) is 3.90. The maximum absolute atomic E-state index is 13.2. The normalized spacial score (nSPS) is 15.6. The summed E-state index contributed by atoms with van der Waals surface area (Å²) < 4.78 is 42.5. The quantitative estimate of drug-likeness (QED) is 0.460. The Morgan fingerprint density at radius 3 is 2.21 bits per heavy atom. The molecule has 7 nitrogen and oxygen atoms in total. The van der Waals surface area contributed by atoms with Crippen LogP contribution in [0.4, 0.5) is 0 Å². The zero-order valence-corrected chi connectivity index (χ0v) is 20.2. The van der Waals surface area contributed by atoms with E-state index in [1.54, 1.807) is 31.2 Å². The first-order chi connectivity index (χ1) is 15.9. The number of ether oxygens (including phenoxy) is 3. The van der Waals surface area contributed by atoms with E-state index in [1.807, 2.05) is 12.1 Å². The highest BCUT2D eigenvalue weighted by Gasteiger charge is 2.35. The van der Waals surface area contributed by atoms with Gasteiger partial charge in [0.1, 0.15) is 18.1 Å². The summed E-state index contributed by atoms with van der Waals surface area (Å²) in [6.07, 6.45) is 3.81. The Morgan fingerprint density at radius 2 is 1.61 bits per heavy atom. The van der Waals surface area contributed by atoms with Gasteiger partial charge in [0.05, 0.1) is 18.6 Å². The number of hydrogen-bond acceptors (Lipinski definition) is 7.